The van der Waals surface area contributed by atoms with Gasteiger partial charge in [-0.05, 0) is 12.5 Å². The number of primary amides is 1. The van der Waals surface area contributed by atoms with E-state index in [1.807, 2.05) is 11.0 Å². The van der Waals surface area contributed by atoms with Crippen molar-refractivity contribution < 1.29 is 9.72 Å². The van der Waals surface area contributed by atoms with Crippen LogP contribution in [0.1, 0.15) is 11.1 Å². The van der Waals surface area contributed by atoms with E-state index in [1.165, 1.54) is 6.07 Å². The van der Waals surface area contributed by atoms with Crippen LogP contribution in [0.25, 0.3) is 0 Å². The number of nitro benzene ring substituents is 1. The van der Waals surface area contributed by atoms with Gasteiger partial charge in [-0.3, -0.25) is 19.8 Å². The quantitative estimate of drug-likeness (QED) is 0.603. The summed E-state index contributed by atoms with van der Waals surface area (Å²) in [4.78, 5) is 24.0. The minimum atomic E-state index is -0.387. The minimum Gasteiger partial charge on any atom is -0.368 e. The second kappa shape index (κ2) is 5.98. The van der Waals surface area contributed by atoms with Gasteiger partial charge in [-0.1, -0.05) is 12.1 Å². The largest absolute Gasteiger partial charge is 0.368 e. The molecule has 1 atom stereocenters. The Hall–Kier alpha value is -1.99. The molecule has 0 bridgehead atoms. The number of nitrogens with zero attached hydrogens (tertiary/aromatic N) is 2. The molecule has 7 heteroatoms. The van der Waals surface area contributed by atoms with Crippen LogP contribution in [0.2, 0.25) is 0 Å². The number of carbonyl (C=O) groups excluding carboxylic acids is 1. The van der Waals surface area contributed by atoms with Gasteiger partial charge in [0.15, 0.2) is 0 Å². The maximum Gasteiger partial charge on any atom is 0.272 e. The van der Waals surface area contributed by atoms with Gasteiger partial charge in [0, 0.05) is 37.8 Å². The number of nitrogens with two attached hydrogens (primary N) is 1. The summed E-state index contributed by atoms with van der Waals surface area (Å²) in [6.07, 6.45) is 0. The summed E-state index contributed by atoms with van der Waals surface area (Å²) in [5, 5.41) is 14.1. The van der Waals surface area contributed by atoms with E-state index in [4.69, 9.17) is 5.73 Å². The van der Waals surface area contributed by atoms with Crippen molar-refractivity contribution in [2.75, 3.05) is 19.6 Å². The molecule has 1 amide bonds. The normalized spacial score (nSPS) is 19.8. The summed E-state index contributed by atoms with van der Waals surface area (Å²) in [6.45, 7) is 4.20. The van der Waals surface area contributed by atoms with Crippen molar-refractivity contribution >= 4 is 11.6 Å². The van der Waals surface area contributed by atoms with E-state index >= 15 is 0 Å². The monoisotopic (exact) mass is 278 g/mol. The summed E-state index contributed by atoms with van der Waals surface area (Å²) < 4.78 is 0. The fourth-order valence-electron chi connectivity index (χ4n) is 2.47. The third kappa shape index (κ3) is 2.94. The lowest BCUT2D eigenvalue weighted by Gasteiger charge is -2.34. The fraction of sp³-hybridized carbons (Fsp3) is 0.462. The van der Waals surface area contributed by atoms with Gasteiger partial charge >= 0.3 is 0 Å². The molecule has 1 fully saturated rings. The molecule has 1 aromatic carbocycles. The van der Waals surface area contributed by atoms with E-state index < -0.39 is 0 Å². The maximum atomic E-state index is 11.4. The van der Waals surface area contributed by atoms with E-state index in [0.717, 1.165) is 12.1 Å². The van der Waals surface area contributed by atoms with Crippen molar-refractivity contribution in [2.24, 2.45) is 5.73 Å². The first-order chi connectivity index (χ1) is 9.50. The van der Waals surface area contributed by atoms with Gasteiger partial charge in [0.1, 0.15) is 6.04 Å². The number of rotatable bonds is 4. The molecule has 0 aliphatic carbocycles. The highest BCUT2D eigenvalue weighted by molar-refractivity contribution is 5.80. The Morgan fingerprint density at radius 3 is 3.00 bits per heavy atom. The van der Waals surface area contributed by atoms with Gasteiger partial charge in [-0.25, -0.2) is 0 Å². The van der Waals surface area contributed by atoms with E-state index in [-0.39, 0.29) is 22.6 Å². The molecule has 20 heavy (non-hydrogen) atoms. The van der Waals surface area contributed by atoms with Crippen LogP contribution in [0.3, 0.4) is 0 Å². The molecule has 0 spiro atoms. The molecular formula is C13H18N4O3. The van der Waals surface area contributed by atoms with Crippen LogP contribution in [0.4, 0.5) is 5.69 Å². The standard InChI is InChI=1S/C13H18N4O3/c1-9-10(3-2-4-11(9)17(19)20)8-16-6-5-15-7-12(16)13(14)18/h2-4,12,15H,5-8H2,1H3,(H2,14,18). The fourth-order valence-corrected chi connectivity index (χ4v) is 2.47. The van der Waals surface area contributed by atoms with E-state index in [0.29, 0.717) is 25.2 Å². The Labute approximate surface area is 116 Å². The van der Waals surface area contributed by atoms with Crippen molar-refractivity contribution in [1.29, 1.82) is 0 Å². The van der Waals surface area contributed by atoms with Crippen LogP contribution in [0.5, 0.6) is 0 Å². The van der Waals surface area contributed by atoms with Gasteiger partial charge in [0.2, 0.25) is 5.91 Å². The lowest BCUT2D eigenvalue weighted by Crippen LogP contribution is -2.56. The summed E-state index contributed by atoms with van der Waals surface area (Å²) >= 11 is 0. The van der Waals surface area contributed by atoms with Crippen molar-refractivity contribution in [3.8, 4) is 0 Å². The van der Waals surface area contributed by atoms with Crippen molar-refractivity contribution in [3.63, 3.8) is 0 Å². The second-order valence-electron chi connectivity index (χ2n) is 4.91. The lowest BCUT2D eigenvalue weighted by atomic mass is 10.0. The molecule has 0 aromatic heterocycles. The molecule has 1 aromatic rings. The van der Waals surface area contributed by atoms with Crippen LogP contribution in [0, 0.1) is 17.0 Å². The molecule has 108 valence electrons. The molecular weight excluding hydrogens is 260 g/mol. The van der Waals surface area contributed by atoms with Crippen LogP contribution in [-0.2, 0) is 11.3 Å². The van der Waals surface area contributed by atoms with E-state index in [1.54, 1.807) is 13.0 Å². The smallest absolute Gasteiger partial charge is 0.272 e. The number of nitro groups is 1. The number of amides is 1. The Balaban J connectivity index is 2.22. The number of piperazine rings is 1. The predicted octanol–water partition coefficient (Wildman–Crippen LogP) is 0.162. The molecule has 1 aliphatic heterocycles. The third-order valence-electron chi connectivity index (χ3n) is 3.67. The Morgan fingerprint density at radius 1 is 1.60 bits per heavy atom. The third-order valence-corrected chi connectivity index (χ3v) is 3.67. The molecule has 2 rings (SSSR count). The SMILES string of the molecule is Cc1c(CN2CCNCC2C(N)=O)cccc1[N+](=O)[O-]. The summed E-state index contributed by atoms with van der Waals surface area (Å²) in [5.74, 6) is -0.375. The summed E-state index contributed by atoms with van der Waals surface area (Å²) in [5.41, 5.74) is 7.00. The number of hydrogen-bond donors (Lipinski definition) is 2. The zero-order valence-electron chi connectivity index (χ0n) is 11.3. The molecule has 1 saturated heterocycles. The first-order valence-corrected chi connectivity index (χ1v) is 6.47. The topological polar surface area (TPSA) is 102 Å². The molecule has 0 saturated carbocycles. The molecule has 0 radical (unpaired) electrons. The van der Waals surface area contributed by atoms with Gasteiger partial charge < -0.3 is 11.1 Å². The van der Waals surface area contributed by atoms with Crippen molar-refractivity contribution in [3.05, 3.63) is 39.4 Å². The van der Waals surface area contributed by atoms with Crippen LogP contribution in [-0.4, -0.2) is 41.4 Å². The van der Waals surface area contributed by atoms with Crippen LogP contribution >= 0.6 is 0 Å². The molecule has 7 nitrogen and oxygen atoms in total. The van der Waals surface area contributed by atoms with Gasteiger partial charge in [-0.15, -0.1) is 0 Å². The summed E-state index contributed by atoms with van der Waals surface area (Å²) in [7, 11) is 0. The summed E-state index contributed by atoms with van der Waals surface area (Å²) in [6, 6.07) is 4.63. The van der Waals surface area contributed by atoms with Gasteiger partial charge in [-0.2, -0.15) is 0 Å². The Kier molecular flexibility index (Phi) is 4.31. The minimum absolute atomic E-state index is 0.105. The molecule has 1 aliphatic rings. The number of nitrogens with one attached hydrogen (secondary N) is 1. The zero-order valence-corrected chi connectivity index (χ0v) is 11.3. The molecule has 1 heterocycles. The average molecular weight is 278 g/mol. The highest BCUT2D eigenvalue weighted by Gasteiger charge is 2.27. The van der Waals surface area contributed by atoms with Crippen molar-refractivity contribution in [2.45, 2.75) is 19.5 Å². The van der Waals surface area contributed by atoms with Crippen LogP contribution in [0.15, 0.2) is 18.2 Å². The Morgan fingerprint density at radius 2 is 2.35 bits per heavy atom. The number of carbonyl (C=O) groups is 1. The van der Waals surface area contributed by atoms with Crippen LogP contribution < -0.4 is 11.1 Å². The maximum absolute atomic E-state index is 11.4. The lowest BCUT2D eigenvalue weighted by molar-refractivity contribution is -0.385. The number of hydrogen-bond acceptors (Lipinski definition) is 5. The highest BCUT2D eigenvalue weighted by Crippen LogP contribution is 2.23. The first-order valence-electron chi connectivity index (χ1n) is 6.47. The second-order valence-corrected chi connectivity index (χ2v) is 4.91. The molecule has 1 unspecified atom stereocenters. The Bertz CT molecular complexity index is 532. The highest BCUT2D eigenvalue weighted by atomic mass is 16.6. The van der Waals surface area contributed by atoms with Gasteiger partial charge in [0.25, 0.3) is 5.69 Å². The zero-order chi connectivity index (χ0) is 14.7. The first kappa shape index (κ1) is 14.4. The van der Waals surface area contributed by atoms with Gasteiger partial charge in [0.05, 0.1) is 4.92 Å². The molecule has 3 N–H and O–H groups in total. The average Bonchev–Trinajstić information content (AvgIpc) is 2.41. The predicted molar refractivity (Wildman–Crippen MR) is 74.1 cm³/mol. The van der Waals surface area contributed by atoms with Crippen molar-refractivity contribution in [1.82, 2.24) is 10.2 Å². The number of benzene rings is 1. The van der Waals surface area contributed by atoms with E-state index in [2.05, 4.69) is 5.32 Å². The van der Waals surface area contributed by atoms with E-state index in [9.17, 15) is 14.9 Å².